The van der Waals surface area contributed by atoms with Gasteiger partial charge in [-0.05, 0) is 24.6 Å². The number of aromatic nitrogens is 2. The monoisotopic (exact) mass is 407 g/mol. The van der Waals surface area contributed by atoms with Crippen LogP contribution in [0.4, 0.5) is 16.3 Å². The van der Waals surface area contributed by atoms with Gasteiger partial charge >= 0.3 is 6.03 Å². The molecule has 1 heterocycles. The number of nitrogens with one attached hydrogen (secondary N) is 2. The molecule has 30 heavy (non-hydrogen) atoms. The van der Waals surface area contributed by atoms with Crippen molar-refractivity contribution in [3.8, 4) is 5.75 Å². The van der Waals surface area contributed by atoms with Crippen LogP contribution in [-0.2, 0) is 10.4 Å². The number of rotatable bonds is 6. The molecule has 0 radical (unpaired) electrons. The van der Waals surface area contributed by atoms with Gasteiger partial charge in [-0.25, -0.2) is 9.78 Å². The third-order valence-corrected chi connectivity index (χ3v) is 4.44. The molecule has 0 saturated carbocycles. The maximum atomic E-state index is 12.3. The molecule has 3 amide bonds. The first kappa shape index (κ1) is 20.7. The highest BCUT2D eigenvalue weighted by Gasteiger charge is 2.38. The first-order valence-corrected chi connectivity index (χ1v) is 8.97. The van der Waals surface area contributed by atoms with Crippen LogP contribution in [0.25, 0.3) is 0 Å². The number of hydrogen-bond acceptors (Lipinski definition) is 6. The Labute approximate surface area is 172 Å². The highest BCUT2D eigenvalue weighted by molar-refractivity contribution is 6.00. The quantitative estimate of drug-likeness (QED) is 0.494. The number of ether oxygens (including phenoxy) is 1. The standard InChI is InChI=1S/C21H21N5O4/c1-13-11-24-18(12-23-13)26-20(28)25-16-9-8-15(10-17(16)30-2)21(29,19(22)27)14-6-4-3-5-7-14/h3-12,29H,1-2H3,(H2,22,27)(H2,24,25,26,28). The van der Waals surface area contributed by atoms with E-state index in [0.717, 1.165) is 5.69 Å². The Morgan fingerprint density at radius 2 is 1.77 bits per heavy atom. The molecule has 0 fully saturated rings. The number of nitrogens with two attached hydrogens (primary N) is 1. The summed E-state index contributed by atoms with van der Waals surface area (Å²) < 4.78 is 5.33. The van der Waals surface area contributed by atoms with Crippen LogP contribution in [-0.4, -0.2) is 34.1 Å². The number of aliphatic hydroxyl groups is 1. The predicted molar refractivity (Wildman–Crippen MR) is 111 cm³/mol. The van der Waals surface area contributed by atoms with Gasteiger partial charge in [0.2, 0.25) is 0 Å². The molecule has 154 valence electrons. The fraction of sp³-hybridized carbons (Fsp3) is 0.143. The smallest absolute Gasteiger partial charge is 0.324 e. The summed E-state index contributed by atoms with van der Waals surface area (Å²) in [6.07, 6.45) is 2.96. The van der Waals surface area contributed by atoms with Crippen LogP contribution >= 0.6 is 0 Å². The average molecular weight is 407 g/mol. The van der Waals surface area contributed by atoms with Gasteiger partial charge in [-0.2, -0.15) is 0 Å². The maximum Gasteiger partial charge on any atom is 0.324 e. The number of primary amides is 1. The van der Waals surface area contributed by atoms with E-state index in [1.807, 2.05) is 0 Å². The Morgan fingerprint density at radius 3 is 2.37 bits per heavy atom. The van der Waals surface area contributed by atoms with Crippen LogP contribution in [0.3, 0.4) is 0 Å². The fourth-order valence-corrected chi connectivity index (χ4v) is 2.88. The van der Waals surface area contributed by atoms with E-state index in [-0.39, 0.29) is 17.1 Å². The number of carbonyl (C=O) groups is 2. The normalized spacial score (nSPS) is 12.5. The second-order valence-corrected chi connectivity index (χ2v) is 6.48. The van der Waals surface area contributed by atoms with E-state index in [1.165, 1.54) is 37.7 Å². The third-order valence-electron chi connectivity index (χ3n) is 4.44. The number of aryl methyl sites for hydroxylation is 1. The summed E-state index contributed by atoms with van der Waals surface area (Å²) in [4.78, 5) is 32.5. The number of methoxy groups -OCH3 is 1. The van der Waals surface area contributed by atoms with Crippen molar-refractivity contribution in [1.29, 1.82) is 0 Å². The van der Waals surface area contributed by atoms with E-state index >= 15 is 0 Å². The molecule has 0 bridgehead atoms. The summed E-state index contributed by atoms with van der Waals surface area (Å²) >= 11 is 0. The fourth-order valence-electron chi connectivity index (χ4n) is 2.88. The van der Waals surface area contributed by atoms with Gasteiger partial charge in [0.15, 0.2) is 11.4 Å². The molecular weight excluding hydrogens is 386 g/mol. The molecule has 2 aromatic carbocycles. The zero-order chi connectivity index (χ0) is 21.7. The van der Waals surface area contributed by atoms with Gasteiger partial charge in [0.05, 0.1) is 30.9 Å². The Bertz CT molecular complexity index is 1060. The lowest BCUT2D eigenvalue weighted by atomic mass is 9.85. The number of amides is 3. The van der Waals surface area contributed by atoms with E-state index in [2.05, 4.69) is 20.6 Å². The molecule has 9 heteroatoms. The van der Waals surface area contributed by atoms with Crippen LogP contribution in [0.15, 0.2) is 60.9 Å². The lowest BCUT2D eigenvalue weighted by molar-refractivity contribution is -0.133. The summed E-state index contributed by atoms with van der Waals surface area (Å²) in [5.74, 6) is -0.429. The average Bonchev–Trinajstić information content (AvgIpc) is 2.75. The van der Waals surface area contributed by atoms with E-state index in [0.29, 0.717) is 11.3 Å². The van der Waals surface area contributed by atoms with E-state index in [9.17, 15) is 14.7 Å². The summed E-state index contributed by atoms with van der Waals surface area (Å²) in [6.45, 7) is 1.78. The van der Waals surface area contributed by atoms with E-state index in [4.69, 9.17) is 10.5 Å². The second-order valence-electron chi connectivity index (χ2n) is 6.48. The van der Waals surface area contributed by atoms with Crippen molar-refractivity contribution in [2.24, 2.45) is 5.73 Å². The van der Waals surface area contributed by atoms with Gasteiger partial charge in [0.1, 0.15) is 5.75 Å². The molecular formula is C21H21N5O4. The van der Waals surface area contributed by atoms with Crippen LogP contribution in [0.5, 0.6) is 5.75 Å². The maximum absolute atomic E-state index is 12.3. The summed E-state index contributed by atoms with van der Waals surface area (Å²) in [5, 5.41) is 16.3. The molecule has 0 aliphatic rings. The lowest BCUT2D eigenvalue weighted by Crippen LogP contribution is -2.42. The number of urea groups is 1. The molecule has 0 aliphatic carbocycles. The zero-order valence-electron chi connectivity index (χ0n) is 16.4. The molecule has 9 nitrogen and oxygen atoms in total. The van der Waals surface area contributed by atoms with Gasteiger partial charge in [0, 0.05) is 5.56 Å². The molecule has 1 atom stereocenters. The van der Waals surface area contributed by atoms with Gasteiger partial charge < -0.3 is 20.9 Å². The number of anilines is 2. The number of hydrogen-bond donors (Lipinski definition) is 4. The van der Waals surface area contributed by atoms with Crippen LogP contribution in [0.1, 0.15) is 16.8 Å². The van der Waals surface area contributed by atoms with Crippen molar-refractivity contribution >= 4 is 23.4 Å². The minimum Gasteiger partial charge on any atom is -0.495 e. The molecule has 3 rings (SSSR count). The molecule has 1 unspecified atom stereocenters. The van der Waals surface area contributed by atoms with Crippen molar-refractivity contribution in [2.45, 2.75) is 12.5 Å². The van der Waals surface area contributed by atoms with Crippen molar-refractivity contribution in [3.05, 3.63) is 77.7 Å². The topological polar surface area (TPSA) is 139 Å². The lowest BCUT2D eigenvalue weighted by Gasteiger charge is -2.26. The van der Waals surface area contributed by atoms with Crippen molar-refractivity contribution in [3.63, 3.8) is 0 Å². The Hall–Kier alpha value is -3.98. The predicted octanol–water partition coefficient (Wildman–Crippen LogP) is 2.16. The summed E-state index contributed by atoms with van der Waals surface area (Å²) in [6, 6.07) is 12.2. The van der Waals surface area contributed by atoms with Crippen molar-refractivity contribution in [2.75, 3.05) is 17.7 Å². The van der Waals surface area contributed by atoms with E-state index in [1.54, 1.807) is 37.3 Å². The number of benzene rings is 2. The van der Waals surface area contributed by atoms with Crippen LogP contribution in [0.2, 0.25) is 0 Å². The molecule has 1 aromatic heterocycles. The van der Waals surface area contributed by atoms with Crippen LogP contribution in [0, 0.1) is 6.92 Å². The highest BCUT2D eigenvalue weighted by atomic mass is 16.5. The zero-order valence-corrected chi connectivity index (χ0v) is 16.4. The van der Waals surface area contributed by atoms with E-state index < -0.39 is 17.5 Å². The van der Waals surface area contributed by atoms with Gasteiger partial charge in [-0.15, -0.1) is 0 Å². The largest absolute Gasteiger partial charge is 0.495 e. The first-order valence-electron chi connectivity index (χ1n) is 8.97. The minimum atomic E-state index is -2.06. The summed E-state index contributed by atoms with van der Waals surface area (Å²) in [7, 11) is 1.40. The van der Waals surface area contributed by atoms with Gasteiger partial charge in [0.25, 0.3) is 5.91 Å². The molecule has 0 aliphatic heterocycles. The SMILES string of the molecule is COc1cc(C(O)(C(N)=O)c2ccccc2)ccc1NC(=O)Nc1cnc(C)cn1. The van der Waals surface area contributed by atoms with Gasteiger partial charge in [-0.3, -0.25) is 15.1 Å². The third kappa shape index (κ3) is 4.20. The highest BCUT2D eigenvalue weighted by Crippen LogP contribution is 2.35. The molecule has 0 saturated heterocycles. The number of carbonyl (C=O) groups excluding carboxylic acids is 2. The number of nitrogens with zero attached hydrogens (tertiary/aromatic N) is 2. The van der Waals surface area contributed by atoms with Crippen molar-refractivity contribution in [1.82, 2.24) is 9.97 Å². The van der Waals surface area contributed by atoms with Crippen LogP contribution < -0.4 is 21.1 Å². The Morgan fingerprint density at radius 1 is 1.03 bits per heavy atom. The molecule has 3 aromatic rings. The Balaban J connectivity index is 1.88. The van der Waals surface area contributed by atoms with Crippen molar-refractivity contribution < 1.29 is 19.4 Å². The first-order chi connectivity index (χ1) is 14.3. The molecule has 5 N–H and O–H groups in total. The second kappa shape index (κ2) is 8.58. The molecule has 0 spiro atoms. The minimum absolute atomic E-state index is 0.202. The Kier molecular flexibility index (Phi) is 5.93. The summed E-state index contributed by atoms with van der Waals surface area (Å²) in [5.41, 5.74) is 5.01. The van der Waals surface area contributed by atoms with Gasteiger partial charge in [-0.1, -0.05) is 36.4 Å².